The van der Waals surface area contributed by atoms with E-state index in [4.69, 9.17) is 4.74 Å². The van der Waals surface area contributed by atoms with Crippen molar-refractivity contribution >= 4 is 0 Å². The first-order chi connectivity index (χ1) is 9.61. The van der Waals surface area contributed by atoms with E-state index in [9.17, 15) is 0 Å². The highest BCUT2D eigenvalue weighted by atomic mass is 16.5. The predicted octanol–water partition coefficient (Wildman–Crippen LogP) is 3.85. The van der Waals surface area contributed by atoms with E-state index in [-0.39, 0.29) is 0 Å². The molecule has 4 fully saturated rings. The molecule has 20 heavy (non-hydrogen) atoms. The zero-order valence-electron chi connectivity index (χ0n) is 13.7. The molecule has 0 heterocycles. The summed E-state index contributed by atoms with van der Waals surface area (Å²) in [5.41, 5.74) is 0.571. The highest BCUT2D eigenvalue weighted by Crippen LogP contribution is 2.61. The molecule has 4 bridgehead atoms. The van der Waals surface area contributed by atoms with Crippen LogP contribution in [0.25, 0.3) is 0 Å². The molecule has 0 amide bonds. The Labute approximate surface area is 125 Å². The molecular formula is C18H33NO. The number of nitrogens with one attached hydrogen (secondary N) is 1. The molecule has 0 radical (unpaired) electrons. The molecule has 1 N–H and O–H groups in total. The first-order valence-electron chi connectivity index (χ1n) is 8.92. The average Bonchev–Trinajstić information content (AvgIpc) is 2.35. The van der Waals surface area contributed by atoms with Crippen LogP contribution in [0.1, 0.15) is 59.3 Å². The molecule has 4 aliphatic rings. The molecule has 2 nitrogen and oxygen atoms in total. The van der Waals surface area contributed by atoms with Gasteiger partial charge in [0.1, 0.15) is 0 Å². The average molecular weight is 279 g/mol. The van der Waals surface area contributed by atoms with Gasteiger partial charge in [-0.3, -0.25) is 0 Å². The zero-order valence-corrected chi connectivity index (χ0v) is 13.7. The van der Waals surface area contributed by atoms with E-state index in [2.05, 4.69) is 26.1 Å². The maximum atomic E-state index is 6.04. The maximum absolute atomic E-state index is 6.04. The summed E-state index contributed by atoms with van der Waals surface area (Å²) in [4.78, 5) is 0. The van der Waals surface area contributed by atoms with Crippen molar-refractivity contribution in [2.45, 2.75) is 65.3 Å². The molecule has 0 aromatic rings. The molecule has 0 spiro atoms. The summed E-state index contributed by atoms with van der Waals surface area (Å²) in [6.45, 7) is 9.65. The second-order valence-corrected chi connectivity index (χ2v) is 8.32. The minimum atomic E-state index is 0.571. The van der Waals surface area contributed by atoms with Gasteiger partial charge in [-0.15, -0.1) is 0 Å². The number of hydrogen-bond acceptors (Lipinski definition) is 2. The van der Waals surface area contributed by atoms with E-state index in [1.165, 1.54) is 38.5 Å². The normalized spacial score (nSPS) is 40.5. The summed E-state index contributed by atoms with van der Waals surface area (Å²) >= 11 is 0. The van der Waals surface area contributed by atoms with Crippen molar-refractivity contribution in [2.75, 3.05) is 19.8 Å². The van der Waals surface area contributed by atoms with E-state index in [1.54, 1.807) is 0 Å². The lowest BCUT2D eigenvalue weighted by atomic mass is 9.47. The van der Waals surface area contributed by atoms with Gasteiger partial charge in [0.05, 0.1) is 6.61 Å². The lowest BCUT2D eigenvalue weighted by molar-refractivity contribution is -0.0896. The van der Waals surface area contributed by atoms with E-state index in [1.807, 2.05) is 0 Å². The minimum Gasteiger partial charge on any atom is -0.380 e. The van der Waals surface area contributed by atoms with Crippen molar-refractivity contribution in [3.63, 3.8) is 0 Å². The highest BCUT2D eigenvalue weighted by molar-refractivity contribution is 5.06. The van der Waals surface area contributed by atoms with Crippen molar-refractivity contribution < 1.29 is 4.74 Å². The lowest BCUT2D eigenvalue weighted by Gasteiger charge is -2.59. The summed E-state index contributed by atoms with van der Waals surface area (Å²) < 4.78 is 6.04. The lowest BCUT2D eigenvalue weighted by Crippen LogP contribution is -2.57. The molecule has 2 heteroatoms. The Bertz CT molecular complexity index is 290. The van der Waals surface area contributed by atoms with Crippen LogP contribution in [-0.4, -0.2) is 25.8 Å². The zero-order chi connectivity index (χ0) is 14.2. The number of likely N-dealkylation sites (N-methyl/N-ethyl adjacent to an activating group) is 1. The minimum absolute atomic E-state index is 0.571. The number of ether oxygens (including phenoxy) is 1. The number of hydrogen-bond donors (Lipinski definition) is 1. The van der Waals surface area contributed by atoms with Crippen LogP contribution in [0.4, 0.5) is 0 Å². The van der Waals surface area contributed by atoms with Gasteiger partial charge in [0.15, 0.2) is 0 Å². The fraction of sp³-hybridized carbons (Fsp3) is 1.00. The van der Waals surface area contributed by atoms with Gasteiger partial charge in [-0.25, -0.2) is 0 Å². The fourth-order valence-corrected chi connectivity index (χ4v) is 5.72. The first-order valence-corrected chi connectivity index (χ1v) is 8.92. The molecule has 116 valence electrons. The molecule has 0 saturated heterocycles. The summed E-state index contributed by atoms with van der Waals surface area (Å²) in [6, 6.07) is 0.597. The SMILES string of the molecule is CCNC(COCC(C)C)C12CC3CC(CC(C3)C1)C2. The van der Waals surface area contributed by atoms with Gasteiger partial charge < -0.3 is 10.1 Å². The molecule has 0 aliphatic heterocycles. The summed E-state index contributed by atoms with van der Waals surface area (Å²) in [6.07, 6.45) is 9.02. The Morgan fingerprint density at radius 3 is 2.00 bits per heavy atom. The van der Waals surface area contributed by atoms with Crippen molar-refractivity contribution in [3.05, 3.63) is 0 Å². The van der Waals surface area contributed by atoms with Crippen molar-refractivity contribution in [1.29, 1.82) is 0 Å². The van der Waals surface area contributed by atoms with Crippen LogP contribution < -0.4 is 5.32 Å². The third-order valence-corrected chi connectivity index (χ3v) is 6.01. The van der Waals surface area contributed by atoms with Gasteiger partial charge in [0.25, 0.3) is 0 Å². The Kier molecular flexibility index (Phi) is 4.42. The van der Waals surface area contributed by atoms with Crippen LogP contribution in [0.3, 0.4) is 0 Å². The Hall–Kier alpha value is -0.0800. The van der Waals surface area contributed by atoms with E-state index < -0.39 is 0 Å². The first kappa shape index (κ1) is 14.8. The van der Waals surface area contributed by atoms with Crippen molar-refractivity contribution in [3.8, 4) is 0 Å². The van der Waals surface area contributed by atoms with Gasteiger partial charge in [-0.05, 0) is 74.2 Å². The van der Waals surface area contributed by atoms with Crippen molar-refractivity contribution in [2.24, 2.45) is 29.1 Å². The van der Waals surface area contributed by atoms with Crippen LogP contribution in [-0.2, 0) is 4.74 Å². The Balaban J connectivity index is 1.66. The van der Waals surface area contributed by atoms with Crippen LogP contribution in [0.5, 0.6) is 0 Å². The highest BCUT2D eigenvalue weighted by Gasteiger charge is 2.53. The predicted molar refractivity (Wildman–Crippen MR) is 83.7 cm³/mol. The van der Waals surface area contributed by atoms with Crippen LogP contribution in [0.2, 0.25) is 0 Å². The van der Waals surface area contributed by atoms with Crippen LogP contribution in [0.15, 0.2) is 0 Å². The summed E-state index contributed by atoms with van der Waals surface area (Å²) in [5, 5.41) is 3.79. The molecule has 4 saturated carbocycles. The Morgan fingerprint density at radius 1 is 1.00 bits per heavy atom. The summed E-state index contributed by atoms with van der Waals surface area (Å²) in [7, 11) is 0. The van der Waals surface area contributed by atoms with E-state index >= 15 is 0 Å². The monoisotopic (exact) mass is 279 g/mol. The molecule has 1 unspecified atom stereocenters. The van der Waals surface area contributed by atoms with E-state index in [0.717, 1.165) is 37.5 Å². The second-order valence-electron chi connectivity index (χ2n) is 8.32. The molecular weight excluding hydrogens is 246 g/mol. The summed E-state index contributed by atoms with van der Waals surface area (Å²) in [5.74, 6) is 3.75. The van der Waals surface area contributed by atoms with E-state index in [0.29, 0.717) is 17.4 Å². The standard InChI is InChI=1S/C18H33NO/c1-4-19-17(12-20-11-13(2)3)18-8-14-5-15(9-18)7-16(6-14)10-18/h13-17,19H,4-12H2,1-3H3. The molecule has 4 aliphatic carbocycles. The van der Waals surface area contributed by atoms with Gasteiger partial charge in [-0.2, -0.15) is 0 Å². The second kappa shape index (κ2) is 5.96. The quantitative estimate of drug-likeness (QED) is 0.764. The van der Waals surface area contributed by atoms with Crippen LogP contribution >= 0.6 is 0 Å². The smallest absolute Gasteiger partial charge is 0.0625 e. The van der Waals surface area contributed by atoms with Gasteiger partial charge >= 0.3 is 0 Å². The van der Waals surface area contributed by atoms with Gasteiger partial charge in [-0.1, -0.05) is 20.8 Å². The third-order valence-electron chi connectivity index (χ3n) is 6.01. The number of rotatable bonds is 7. The van der Waals surface area contributed by atoms with Gasteiger partial charge in [0.2, 0.25) is 0 Å². The van der Waals surface area contributed by atoms with Gasteiger partial charge in [0, 0.05) is 12.6 Å². The molecule has 1 atom stereocenters. The molecule has 0 aromatic heterocycles. The maximum Gasteiger partial charge on any atom is 0.0625 e. The molecule has 4 rings (SSSR count). The third kappa shape index (κ3) is 2.92. The molecule has 0 aromatic carbocycles. The fourth-order valence-electron chi connectivity index (χ4n) is 5.72. The topological polar surface area (TPSA) is 21.3 Å². The van der Waals surface area contributed by atoms with Crippen molar-refractivity contribution in [1.82, 2.24) is 5.32 Å². The largest absolute Gasteiger partial charge is 0.380 e. The Morgan fingerprint density at radius 2 is 1.55 bits per heavy atom. The van der Waals surface area contributed by atoms with Crippen LogP contribution in [0, 0.1) is 29.1 Å².